The normalized spacial score (nSPS) is 13.2. The molecule has 2 aromatic rings. The van der Waals surface area contributed by atoms with Gasteiger partial charge in [0.1, 0.15) is 23.6 Å². The molecule has 0 saturated heterocycles. The summed E-state index contributed by atoms with van der Waals surface area (Å²) in [6.07, 6.45) is -3.66. The third-order valence-electron chi connectivity index (χ3n) is 4.22. The number of carbonyl (C=O) groups excluding carboxylic acids is 1. The van der Waals surface area contributed by atoms with Crippen molar-refractivity contribution in [3.63, 3.8) is 0 Å². The minimum Gasteiger partial charge on any atom is -0.506 e. The molecule has 1 aliphatic heterocycles. The maximum Gasteiger partial charge on any atom is 0.433 e. The van der Waals surface area contributed by atoms with Gasteiger partial charge in [-0.3, -0.25) is 19.4 Å². The summed E-state index contributed by atoms with van der Waals surface area (Å²) in [6, 6.07) is 1.90. The Morgan fingerprint density at radius 2 is 2.00 bits per heavy atom. The van der Waals surface area contributed by atoms with Gasteiger partial charge in [-0.25, -0.2) is 0 Å². The molecule has 0 aromatic carbocycles. The average molecular weight is 413 g/mol. The molecule has 3 heterocycles. The maximum atomic E-state index is 12.8. The summed E-state index contributed by atoms with van der Waals surface area (Å²) in [7, 11) is 0. The Balaban J connectivity index is 2.02. The topological polar surface area (TPSA) is 131 Å². The van der Waals surface area contributed by atoms with Crippen LogP contribution in [0.1, 0.15) is 32.9 Å². The lowest BCUT2D eigenvalue weighted by molar-refractivity contribution is -0.141. The molecule has 2 aromatic heterocycles. The zero-order valence-electron chi connectivity index (χ0n) is 14.6. The van der Waals surface area contributed by atoms with Crippen LogP contribution in [0, 0.1) is 0 Å². The number of alkyl halides is 3. The van der Waals surface area contributed by atoms with Gasteiger partial charge in [0, 0.05) is 11.8 Å². The summed E-state index contributed by atoms with van der Waals surface area (Å²) in [4.78, 5) is 39.0. The second-order valence-electron chi connectivity index (χ2n) is 6.16. The minimum absolute atomic E-state index is 0.0524. The highest BCUT2D eigenvalue weighted by molar-refractivity contribution is 5.98. The van der Waals surface area contributed by atoms with Gasteiger partial charge in [-0.05, 0) is 11.6 Å². The van der Waals surface area contributed by atoms with Crippen LogP contribution in [-0.2, 0) is 35.5 Å². The van der Waals surface area contributed by atoms with Crippen LogP contribution in [-0.4, -0.2) is 38.2 Å². The molecule has 1 amide bonds. The molecule has 0 aliphatic carbocycles. The van der Waals surface area contributed by atoms with Gasteiger partial charge in [-0.1, -0.05) is 6.07 Å². The number of rotatable bonds is 5. The Labute approximate surface area is 160 Å². The molecule has 3 rings (SSSR count). The van der Waals surface area contributed by atoms with Crippen LogP contribution < -0.4 is 10.9 Å². The van der Waals surface area contributed by atoms with Crippen LogP contribution >= 0.6 is 0 Å². The number of hydrogen-bond donors (Lipinski definition) is 3. The highest BCUT2D eigenvalue weighted by Crippen LogP contribution is 2.30. The number of aromatic hydroxyl groups is 1. The standard InChI is InChI=1S/C17H14F3N3O6/c18-17(19,20)11-2-1-8(3-21-11)5-23-10-7-29-6-9(10)14(26)13(16(23)28)15(27)22-4-12(24)25/h1-3,26H,4-7H2,(H,22,27)(H,24,25). The van der Waals surface area contributed by atoms with E-state index in [1.54, 1.807) is 0 Å². The van der Waals surface area contributed by atoms with E-state index < -0.39 is 47.2 Å². The molecule has 0 unspecified atom stereocenters. The monoisotopic (exact) mass is 413 g/mol. The summed E-state index contributed by atoms with van der Waals surface area (Å²) in [5.41, 5.74) is -2.02. The molecule has 29 heavy (non-hydrogen) atoms. The molecule has 9 nitrogen and oxygen atoms in total. The van der Waals surface area contributed by atoms with Gasteiger partial charge < -0.3 is 24.8 Å². The number of carboxylic acids is 1. The van der Waals surface area contributed by atoms with Crippen LogP contribution in [0.5, 0.6) is 5.75 Å². The van der Waals surface area contributed by atoms with Crippen molar-refractivity contribution in [3.05, 3.63) is 56.8 Å². The number of amides is 1. The van der Waals surface area contributed by atoms with Crippen LogP contribution in [0.2, 0.25) is 0 Å². The molecule has 0 bridgehead atoms. The van der Waals surface area contributed by atoms with E-state index in [0.717, 1.165) is 22.9 Å². The number of aromatic nitrogens is 2. The Bertz CT molecular complexity index is 1030. The number of aliphatic carboxylic acids is 1. The molecule has 0 fully saturated rings. The maximum absolute atomic E-state index is 12.8. The van der Waals surface area contributed by atoms with E-state index in [9.17, 15) is 32.7 Å². The number of ether oxygens (including phenoxy) is 1. The first-order chi connectivity index (χ1) is 13.6. The number of carbonyl (C=O) groups is 2. The summed E-state index contributed by atoms with van der Waals surface area (Å²) < 4.78 is 44.3. The van der Waals surface area contributed by atoms with Crippen molar-refractivity contribution in [3.8, 4) is 5.75 Å². The van der Waals surface area contributed by atoms with Gasteiger partial charge in [0.05, 0.1) is 25.5 Å². The summed E-state index contributed by atoms with van der Waals surface area (Å²) >= 11 is 0. The molecule has 12 heteroatoms. The van der Waals surface area contributed by atoms with E-state index in [-0.39, 0.29) is 36.6 Å². The second kappa shape index (κ2) is 7.54. The number of nitrogens with one attached hydrogen (secondary N) is 1. The van der Waals surface area contributed by atoms with Gasteiger partial charge in [0.2, 0.25) is 0 Å². The smallest absolute Gasteiger partial charge is 0.433 e. The number of halogens is 3. The van der Waals surface area contributed by atoms with E-state index in [0.29, 0.717) is 0 Å². The highest BCUT2D eigenvalue weighted by Gasteiger charge is 2.32. The Kier molecular flexibility index (Phi) is 5.29. The predicted octanol–water partition coefficient (Wildman–Crippen LogP) is 0.861. The lowest BCUT2D eigenvalue weighted by Gasteiger charge is -2.15. The molecule has 0 saturated carbocycles. The molecule has 0 atom stereocenters. The second-order valence-corrected chi connectivity index (χ2v) is 6.16. The molecule has 1 aliphatic rings. The van der Waals surface area contributed by atoms with Crippen molar-refractivity contribution < 1.29 is 37.7 Å². The van der Waals surface area contributed by atoms with Crippen LogP contribution in [0.15, 0.2) is 23.1 Å². The number of fused-ring (bicyclic) bond motifs is 1. The van der Waals surface area contributed by atoms with Crippen molar-refractivity contribution in [2.45, 2.75) is 25.9 Å². The number of carboxylic acid groups (broad SMARTS) is 1. The highest BCUT2D eigenvalue weighted by atomic mass is 19.4. The molecule has 0 spiro atoms. The third-order valence-corrected chi connectivity index (χ3v) is 4.22. The zero-order chi connectivity index (χ0) is 21.3. The molecular weight excluding hydrogens is 399 g/mol. The first-order valence-corrected chi connectivity index (χ1v) is 8.17. The lowest BCUT2D eigenvalue weighted by atomic mass is 10.1. The summed E-state index contributed by atoms with van der Waals surface area (Å²) in [6.45, 7) is -1.14. The van der Waals surface area contributed by atoms with E-state index in [1.807, 2.05) is 5.32 Å². The Hall–Kier alpha value is -3.41. The number of pyridine rings is 2. The number of nitrogens with zero attached hydrogens (tertiary/aromatic N) is 2. The van der Waals surface area contributed by atoms with Crippen molar-refractivity contribution in [1.29, 1.82) is 0 Å². The SMILES string of the molecule is O=C(O)CNC(=O)c1c(O)c2c(n(Cc3ccc(C(F)(F)F)nc3)c1=O)COC2. The van der Waals surface area contributed by atoms with Crippen molar-refractivity contribution in [1.82, 2.24) is 14.9 Å². The zero-order valence-corrected chi connectivity index (χ0v) is 14.6. The first kappa shape index (κ1) is 20.3. The number of hydrogen-bond acceptors (Lipinski definition) is 6. The Morgan fingerprint density at radius 1 is 1.28 bits per heavy atom. The lowest BCUT2D eigenvalue weighted by Crippen LogP contribution is -2.37. The van der Waals surface area contributed by atoms with E-state index >= 15 is 0 Å². The predicted molar refractivity (Wildman–Crippen MR) is 89.2 cm³/mol. The van der Waals surface area contributed by atoms with Crippen molar-refractivity contribution >= 4 is 11.9 Å². The van der Waals surface area contributed by atoms with Crippen molar-refractivity contribution in [2.24, 2.45) is 0 Å². The average Bonchev–Trinajstić information content (AvgIpc) is 3.13. The fraction of sp³-hybridized carbons (Fsp3) is 0.294. The van der Waals surface area contributed by atoms with E-state index in [2.05, 4.69) is 4.98 Å². The van der Waals surface area contributed by atoms with E-state index in [1.165, 1.54) is 0 Å². The quantitative estimate of drug-likeness (QED) is 0.663. The fourth-order valence-corrected chi connectivity index (χ4v) is 2.86. The van der Waals surface area contributed by atoms with Gasteiger partial charge in [-0.2, -0.15) is 13.2 Å². The molecular formula is C17H14F3N3O6. The third kappa shape index (κ3) is 4.06. The van der Waals surface area contributed by atoms with Crippen LogP contribution in [0.4, 0.5) is 13.2 Å². The van der Waals surface area contributed by atoms with Gasteiger partial charge in [-0.15, -0.1) is 0 Å². The van der Waals surface area contributed by atoms with Gasteiger partial charge in [0.25, 0.3) is 11.5 Å². The largest absolute Gasteiger partial charge is 0.506 e. The van der Waals surface area contributed by atoms with Crippen LogP contribution in [0.3, 0.4) is 0 Å². The van der Waals surface area contributed by atoms with Gasteiger partial charge in [0.15, 0.2) is 0 Å². The summed E-state index contributed by atoms with van der Waals surface area (Å²) in [5, 5.41) is 21.0. The molecule has 3 N–H and O–H groups in total. The summed E-state index contributed by atoms with van der Waals surface area (Å²) in [5.74, 6) is -3.06. The molecule has 0 radical (unpaired) electrons. The fourth-order valence-electron chi connectivity index (χ4n) is 2.86. The molecule has 154 valence electrons. The minimum atomic E-state index is -4.61. The van der Waals surface area contributed by atoms with Crippen LogP contribution in [0.25, 0.3) is 0 Å². The van der Waals surface area contributed by atoms with Crippen molar-refractivity contribution in [2.75, 3.05) is 6.54 Å². The van der Waals surface area contributed by atoms with Gasteiger partial charge >= 0.3 is 12.1 Å². The first-order valence-electron chi connectivity index (χ1n) is 8.17. The van der Waals surface area contributed by atoms with E-state index in [4.69, 9.17) is 9.84 Å². The Morgan fingerprint density at radius 3 is 2.59 bits per heavy atom.